The summed E-state index contributed by atoms with van der Waals surface area (Å²) in [5, 5.41) is 11.5. The van der Waals surface area contributed by atoms with Crippen molar-refractivity contribution in [3.8, 4) is 11.8 Å². The summed E-state index contributed by atoms with van der Waals surface area (Å²) >= 11 is 0. The molecule has 0 radical (unpaired) electrons. The van der Waals surface area contributed by atoms with E-state index >= 15 is 0 Å². The van der Waals surface area contributed by atoms with Crippen LogP contribution in [0.3, 0.4) is 0 Å². The highest BCUT2D eigenvalue weighted by atomic mass is 19.1. The number of aliphatic hydroxyl groups is 1. The lowest BCUT2D eigenvalue weighted by Crippen LogP contribution is -2.29. The van der Waals surface area contributed by atoms with Gasteiger partial charge in [-0.05, 0) is 24.1 Å². The zero-order valence-electron chi connectivity index (χ0n) is 11.9. The van der Waals surface area contributed by atoms with Gasteiger partial charge in [0.05, 0.1) is 5.56 Å². The highest BCUT2D eigenvalue weighted by molar-refractivity contribution is 5.96. The predicted octanol–water partition coefficient (Wildman–Crippen LogP) is 2.34. The molecule has 0 aliphatic heterocycles. The van der Waals surface area contributed by atoms with Crippen LogP contribution < -0.4 is 5.32 Å². The predicted molar refractivity (Wildman–Crippen MR) is 76.8 cm³/mol. The molecular weight excluding hydrogens is 257 g/mol. The van der Waals surface area contributed by atoms with Crippen LogP contribution in [0.15, 0.2) is 18.2 Å². The maximum atomic E-state index is 13.3. The molecular formula is C16H20FNO2. The molecule has 1 rings (SSSR count). The molecule has 0 saturated carbocycles. The fourth-order valence-electron chi connectivity index (χ4n) is 1.86. The molecule has 0 fully saturated rings. The van der Waals surface area contributed by atoms with Crippen molar-refractivity contribution in [3.63, 3.8) is 0 Å². The maximum absolute atomic E-state index is 13.3. The van der Waals surface area contributed by atoms with Gasteiger partial charge in [-0.3, -0.25) is 4.79 Å². The van der Waals surface area contributed by atoms with Crippen LogP contribution in [0.5, 0.6) is 0 Å². The second-order valence-corrected chi connectivity index (χ2v) is 4.54. The van der Waals surface area contributed by atoms with E-state index in [4.69, 9.17) is 5.11 Å². The fourth-order valence-corrected chi connectivity index (χ4v) is 1.86. The first-order valence-corrected chi connectivity index (χ1v) is 6.79. The van der Waals surface area contributed by atoms with Crippen molar-refractivity contribution >= 4 is 5.91 Å². The molecule has 1 aromatic rings. The van der Waals surface area contributed by atoms with E-state index in [1.807, 2.05) is 0 Å². The third kappa shape index (κ3) is 4.67. The normalized spacial score (nSPS) is 10.1. The number of amides is 1. The Bertz CT molecular complexity index is 513. The summed E-state index contributed by atoms with van der Waals surface area (Å²) in [6.07, 6.45) is 1.97. The van der Waals surface area contributed by atoms with E-state index in [0.717, 1.165) is 12.8 Å². The molecule has 1 amide bonds. The van der Waals surface area contributed by atoms with E-state index in [9.17, 15) is 9.18 Å². The first kappa shape index (κ1) is 16.2. The van der Waals surface area contributed by atoms with Gasteiger partial charge in [-0.25, -0.2) is 4.39 Å². The molecule has 1 aromatic carbocycles. The van der Waals surface area contributed by atoms with Crippen LogP contribution >= 0.6 is 0 Å². The number of aliphatic hydroxyl groups excluding tert-OH is 1. The average Bonchev–Trinajstić information content (AvgIpc) is 2.46. The molecule has 0 unspecified atom stereocenters. The lowest BCUT2D eigenvalue weighted by atomic mass is 10.0. The molecule has 0 spiro atoms. The number of carbonyl (C=O) groups excluding carboxylic acids is 1. The number of halogens is 1. The number of carbonyl (C=O) groups is 1. The van der Waals surface area contributed by atoms with Crippen LogP contribution in [0.25, 0.3) is 0 Å². The van der Waals surface area contributed by atoms with Gasteiger partial charge in [0.25, 0.3) is 5.91 Å². The molecule has 2 N–H and O–H groups in total. The van der Waals surface area contributed by atoms with Crippen molar-refractivity contribution in [2.24, 2.45) is 5.92 Å². The van der Waals surface area contributed by atoms with Gasteiger partial charge in [0.2, 0.25) is 0 Å². The molecule has 108 valence electrons. The van der Waals surface area contributed by atoms with E-state index in [2.05, 4.69) is 31.0 Å². The average molecular weight is 277 g/mol. The van der Waals surface area contributed by atoms with Gasteiger partial charge >= 0.3 is 0 Å². The van der Waals surface area contributed by atoms with Crippen LogP contribution in [0, 0.1) is 23.6 Å². The van der Waals surface area contributed by atoms with Crippen molar-refractivity contribution in [2.45, 2.75) is 26.7 Å². The highest BCUT2D eigenvalue weighted by Crippen LogP contribution is 2.11. The molecule has 0 bridgehead atoms. The minimum atomic E-state index is -0.479. The third-order valence-corrected chi connectivity index (χ3v) is 3.23. The Balaban J connectivity index is 2.88. The van der Waals surface area contributed by atoms with Crippen LogP contribution in [-0.4, -0.2) is 24.2 Å². The van der Waals surface area contributed by atoms with Crippen LogP contribution in [0.4, 0.5) is 4.39 Å². The Morgan fingerprint density at radius 2 is 2.10 bits per heavy atom. The van der Waals surface area contributed by atoms with Gasteiger partial charge in [0, 0.05) is 12.1 Å². The van der Waals surface area contributed by atoms with Crippen molar-refractivity contribution in [2.75, 3.05) is 13.2 Å². The molecule has 20 heavy (non-hydrogen) atoms. The largest absolute Gasteiger partial charge is 0.384 e. The van der Waals surface area contributed by atoms with E-state index in [1.54, 1.807) is 0 Å². The quantitative estimate of drug-likeness (QED) is 0.812. The van der Waals surface area contributed by atoms with Crippen molar-refractivity contribution in [3.05, 3.63) is 35.1 Å². The molecule has 0 aromatic heterocycles. The summed E-state index contributed by atoms with van der Waals surface area (Å²) in [6.45, 7) is 4.41. The van der Waals surface area contributed by atoms with Gasteiger partial charge in [0.15, 0.2) is 0 Å². The van der Waals surface area contributed by atoms with Gasteiger partial charge < -0.3 is 10.4 Å². The van der Waals surface area contributed by atoms with Gasteiger partial charge in [-0.15, -0.1) is 0 Å². The summed E-state index contributed by atoms with van der Waals surface area (Å²) < 4.78 is 13.3. The smallest absolute Gasteiger partial charge is 0.252 e. The van der Waals surface area contributed by atoms with Crippen molar-refractivity contribution < 1.29 is 14.3 Å². The standard InChI is InChI=1S/C16H20FNO2/c1-3-12(4-2)11-18-16(20)15-10-14(17)8-7-13(15)6-5-9-19/h7-8,10,12,19H,3-4,9,11H2,1-2H3,(H,18,20). The number of hydrogen-bond acceptors (Lipinski definition) is 2. The van der Waals surface area contributed by atoms with Crippen LogP contribution in [0.2, 0.25) is 0 Å². The van der Waals surface area contributed by atoms with E-state index in [0.29, 0.717) is 18.0 Å². The number of hydrogen-bond donors (Lipinski definition) is 2. The Labute approximate surface area is 119 Å². The van der Waals surface area contributed by atoms with Gasteiger partial charge in [0.1, 0.15) is 12.4 Å². The minimum Gasteiger partial charge on any atom is -0.384 e. The Morgan fingerprint density at radius 3 is 2.70 bits per heavy atom. The molecule has 4 heteroatoms. The van der Waals surface area contributed by atoms with Crippen LogP contribution in [0.1, 0.15) is 42.6 Å². The second kappa shape index (κ2) is 8.34. The first-order chi connectivity index (χ1) is 9.62. The van der Waals surface area contributed by atoms with Crippen LogP contribution in [-0.2, 0) is 0 Å². The number of rotatable bonds is 5. The Morgan fingerprint density at radius 1 is 1.40 bits per heavy atom. The molecule has 3 nitrogen and oxygen atoms in total. The summed E-state index contributed by atoms with van der Waals surface area (Å²) in [7, 11) is 0. The molecule has 0 aliphatic rings. The summed E-state index contributed by atoms with van der Waals surface area (Å²) in [6, 6.07) is 3.87. The molecule has 0 atom stereocenters. The number of nitrogens with one attached hydrogen (secondary N) is 1. The van der Waals surface area contributed by atoms with E-state index in [-0.39, 0.29) is 18.1 Å². The number of benzene rings is 1. The summed E-state index contributed by atoms with van der Waals surface area (Å²) in [5.74, 6) is 4.73. The van der Waals surface area contributed by atoms with Gasteiger partial charge in [-0.2, -0.15) is 0 Å². The fraction of sp³-hybridized carbons (Fsp3) is 0.438. The topological polar surface area (TPSA) is 49.3 Å². The SMILES string of the molecule is CCC(CC)CNC(=O)c1cc(F)ccc1C#CCO. The van der Waals surface area contributed by atoms with Crippen molar-refractivity contribution in [1.82, 2.24) is 5.32 Å². The van der Waals surface area contributed by atoms with E-state index in [1.165, 1.54) is 18.2 Å². The molecule has 0 heterocycles. The van der Waals surface area contributed by atoms with Gasteiger partial charge in [-0.1, -0.05) is 38.5 Å². The van der Waals surface area contributed by atoms with Crippen molar-refractivity contribution in [1.29, 1.82) is 0 Å². The first-order valence-electron chi connectivity index (χ1n) is 6.79. The Hall–Kier alpha value is -1.86. The molecule has 0 aliphatic carbocycles. The molecule has 0 saturated heterocycles. The highest BCUT2D eigenvalue weighted by Gasteiger charge is 2.13. The minimum absolute atomic E-state index is 0.205. The lowest BCUT2D eigenvalue weighted by Gasteiger charge is -2.13. The summed E-state index contributed by atoms with van der Waals surface area (Å²) in [5.41, 5.74) is 0.624. The van der Waals surface area contributed by atoms with E-state index < -0.39 is 5.82 Å². The monoisotopic (exact) mass is 277 g/mol. The third-order valence-electron chi connectivity index (χ3n) is 3.23. The zero-order chi connectivity index (χ0) is 15.0. The Kier molecular flexibility index (Phi) is 6.75. The summed E-state index contributed by atoms with van der Waals surface area (Å²) in [4.78, 5) is 12.1. The zero-order valence-corrected chi connectivity index (χ0v) is 11.9. The maximum Gasteiger partial charge on any atom is 0.252 e. The lowest BCUT2D eigenvalue weighted by molar-refractivity contribution is 0.0945. The second-order valence-electron chi connectivity index (χ2n) is 4.54.